The maximum absolute atomic E-state index is 13.4. The molecule has 0 aliphatic carbocycles. The zero-order chi connectivity index (χ0) is 23.6. The normalized spacial score (nSPS) is 13.2. The molecule has 1 atom stereocenters. The molecule has 7 nitrogen and oxygen atoms in total. The molecule has 0 aromatic heterocycles. The van der Waals surface area contributed by atoms with E-state index in [2.05, 4.69) is 5.32 Å². The molecule has 2 aromatic carbocycles. The van der Waals surface area contributed by atoms with Gasteiger partial charge in [0.2, 0.25) is 11.8 Å². The molecule has 0 fully saturated rings. The standard InChI is InChI=1S/C26H34N2O5/c1-4-14-27-26(30)22(5-2)28(18-20-6-10-21(31-3)11-7-20)25(29)13-9-19-8-12-23-24(17-19)33-16-15-32-23/h6-8,10-12,17,22H,4-5,9,13-16,18H2,1-3H3,(H,27,30). The highest BCUT2D eigenvalue weighted by atomic mass is 16.6. The number of carbonyl (C=O) groups excluding carboxylic acids is 2. The van der Waals surface area contributed by atoms with E-state index in [-0.39, 0.29) is 11.8 Å². The predicted molar refractivity (Wildman–Crippen MR) is 127 cm³/mol. The molecule has 0 saturated carbocycles. The Labute approximate surface area is 196 Å². The number of hydrogen-bond donors (Lipinski definition) is 1. The van der Waals surface area contributed by atoms with Gasteiger partial charge in [0.05, 0.1) is 7.11 Å². The van der Waals surface area contributed by atoms with Crippen LogP contribution in [-0.4, -0.2) is 49.6 Å². The van der Waals surface area contributed by atoms with Gasteiger partial charge in [-0.2, -0.15) is 0 Å². The van der Waals surface area contributed by atoms with Gasteiger partial charge in [-0.15, -0.1) is 0 Å². The van der Waals surface area contributed by atoms with Crippen LogP contribution in [0.1, 0.15) is 44.2 Å². The topological polar surface area (TPSA) is 77.1 Å². The Bertz CT molecular complexity index is 929. The minimum atomic E-state index is -0.522. The first-order valence-electron chi connectivity index (χ1n) is 11.6. The number of hydrogen-bond acceptors (Lipinski definition) is 5. The third-order valence-corrected chi connectivity index (χ3v) is 5.68. The monoisotopic (exact) mass is 454 g/mol. The van der Waals surface area contributed by atoms with Crippen LogP contribution < -0.4 is 19.5 Å². The van der Waals surface area contributed by atoms with E-state index >= 15 is 0 Å². The fraction of sp³-hybridized carbons (Fsp3) is 0.462. The molecular weight excluding hydrogens is 420 g/mol. The highest BCUT2D eigenvalue weighted by Crippen LogP contribution is 2.31. The van der Waals surface area contributed by atoms with Crippen molar-refractivity contribution in [2.75, 3.05) is 26.9 Å². The summed E-state index contributed by atoms with van der Waals surface area (Å²) in [6.45, 7) is 5.97. The van der Waals surface area contributed by atoms with Gasteiger partial charge in [-0.25, -0.2) is 0 Å². The number of benzene rings is 2. The largest absolute Gasteiger partial charge is 0.497 e. The van der Waals surface area contributed by atoms with Crippen molar-refractivity contribution in [1.82, 2.24) is 10.2 Å². The van der Waals surface area contributed by atoms with Gasteiger partial charge in [0, 0.05) is 19.5 Å². The molecule has 3 rings (SSSR count). The molecule has 1 aliphatic heterocycles. The second kappa shape index (κ2) is 12.1. The van der Waals surface area contributed by atoms with Crippen LogP contribution in [-0.2, 0) is 22.6 Å². The van der Waals surface area contributed by atoms with Gasteiger partial charge in [0.1, 0.15) is 25.0 Å². The molecular formula is C26H34N2O5. The molecule has 1 aliphatic rings. The zero-order valence-electron chi connectivity index (χ0n) is 19.8. The lowest BCUT2D eigenvalue weighted by Gasteiger charge is -2.31. The van der Waals surface area contributed by atoms with Crippen LogP contribution in [0, 0.1) is 0 Å². The minimum absolute atomic E-state index is 0.0563. The number of aryl methyl sites for hydroxylation is 1. The predicted octanol–water partition coefficient (Wildman–Crippen LogP) is 3.73. The average Bonchev–Trinajstić information content (AvgIpc) is 2.86. The van der Waals surface area contributed by atoms with E-state index in [0.717, 1.165) is 29.0 Å². The van der Waals surface area contributed by atoms with Gasteiger partial charge in [-0.3, -0.25) is 9.59 Å². The molecule has 0 saturated heterocycles. The molecule has 2 aromatic rings. The fourth-order valence-electron chi connectivity index (χ4n) is 3.85. The lowest BCUT2D eigenvalue weighted by atomic mass is 10.1. The van der Waals surface area contributed by atoms with Crippen LogP contribution in [0.3, 0.4) is 0 Å². The maximum atomic E-state index is 13.4. The number of nitrogens with one attached hydrogen (secondary N) is 1. The number of rotatable bonds is 11. The summed E-state index contributed by atoms with van der Waals surface area (Å²) in [5.74, 6) is 2.03. The zero-order valence-corrected chi connectivity index (χ0v) is 19.8. The van der Waals surface area contributed by atoms with Crippen molar-refractivity contribution in [3.63, 3.8) is 0 Å². The van der Waals surface area contributed by atoms with E-state index < -0.39 is 6.04 Å². The molecule has 2 amide bonds. The number of ether oxygens (including phenoxy) is 3. The molecule has 178 valence electrons. The number of methoxy groups -OCH3 is 1. The maximum Gasteiger partial charge on any atom is 0.242 e. The van der Waals surface area contributed by atoms with E-state index in [1.54, 1.807) is 12.0 Å². The Morgan fingerprint density at radius 1 is 1.03 bits per heavy atom. The first-order chi connectivity index (χ1) is 16.0. The SMILES string of the molecule is CCCNC(=O)C(CC)N(Cc1ccc(OC)cc1)C(=O)CCc1ccc2c(c1)OCCO2. The second-order valence-electron chi connectivity index (χ2n) is 8.06. The summed E-state index contributed by atoms with van der Waals surface area (Å²) in [6, 6.07) is 12.8. The van der Waals surface area contributed by atoms with Crippen molar-refractivity contribution in [2.24, 2.45) is 0 Å². The number of fused-ring (bicyclic) bond motifs is 1. The first kappa shape index (κ1) is 24.4. The molecule has 0 spiro atoms. The van der Waals surface area contributed by atoms with Crippen molar-refractivity contribution in [3.05, 3.63) is 53.6 Å². The van der Waals surface area contributed by atoms with Crippen LogP contribution >= 0.6 is 0 Å². The summed E-state index contributed by atoms with van der Waals surface area (Å²) < 4.78 is 16.5. The van der Waals surface area contributed by atoms with Gasteiger partial charge in [0.25, 0.3) is 0 Å². The second-order valence-corrected chi connectivity index (χ2v) is 8.06. The van der Waals surface area contributed by atoms with Crippen molar-refractivity contribution >= 4 is 11.8 Å². The number of amides is 2. The lowest BCUT2D eigenvalue weighted by Crippen LogP contribution is -2.49. The highest BCUT2D eigenvalue weighted by Gasteiger charge is 2.28. The summed E-state index contributed by atoms with van der Waals surface area (Å²) in [7, 11) is 1.62. The molecule has 33 heavy (non-hydrogen) atoms. The van der Waals surface area contributed by atoms with Crippen molar-refractivity contribution < 1.29 is 23.8 Å². The Morgan fingerprint density at radius 2 is 1.73 bits per heavy atom. The molecule has 1 unspecified atom stereocenters. The average molecular weight is 455 g/mol. The van der Waals surface area contributed by atoms with Gasteiger partial charge in [0.15, 0.2) is 11.5 Å². The number of nitrogens with zero attached hydrogens (tertiary/aromatic N) is 1. The first-order valence-corrected chi connectivity index (χ1v) is 11.6. The van der Waals surface area contributed by atoms with E-state index in [9.17, 15) is 9.59 Å². The highest BCUT2D eigenvalue weighted by molar-refractivity contribution is 5.87. The van der Waals surface area contributed by atoms with Crippen LogP contribution in [0.5, 0.6) is 17.2 Å². The molecule has 0 bridgehead atoms. The Morgan fingerprint density at radius 3 is 2.39 bits per heavy atom. The van der Waals surface area contributed by atoms with Crippen molar-refractivity contribution in [3.8, 4) is 17.2 Å². The smallest absolute Gasteiger partial charge is 0.242 e. The van der Waals surface area contributed by atoms with E-state index in [0.29, 0.717) is 51.3 Å². The Hall–Kier alpha value is -3.22. The summed E-state index contributed by atoms with van der Waals surface area (Å²) in [5.41, 5.74) is 1.95. The Balaban J connectivity index is 1.74. The third kappa shape index (κ3) is 6.63. The molecule has 1 N–H and O–H groups in total. The van der Waals surface area contributed by atoms with E-state index in [4.69, 9.17) is 14.2 Å². The van der Waals surface area contributed by atoms with Crippen LogP contribution in [0.15, 0.2) is 42.5 Å². The van der Waals surface area contributed by atoms with Crippen LogP contribution in [0.2, 0.25) is 0 Å². The summed E-state index contributed by atoms with van der Waals surface area (Å²) in [5, 5.41) is 2.95. The van der Waals surface area contributed by atoms with Gasteiger partial charge in [-0.05, 0) is 54.7 Å². The van der Waals surface area contributed by atoms with Gasteiger partial charge < -0.3 is 24.4 Å². The molecule has 7 heteroatoms. The summed E-state index contributed by atoms with van der Waals surface area (Å²) in [6.07, 6.45) is 2.25. The van der Waals surface area contributed by atoms with Crippen LogP contribution in [0.25, 0.3) is 0 Å². The minimum Gasteiger partial charge on any atom is -0.497 e. The van der Waals surface area contributed by atoms with Gasteiger partial charge >= 0.3 is 0 Å². The van der Waals surface area contributed by atoms with Crippen LogP contribution in [0.4, 0.5) is 0 Å². The summed E-state index contributed by atoms with van der Waals surface area (Å²) in [4.78, 5) is 27.9. The lowest BCUT2D eigenvalue weighted by molar-refractivity contribution is -0.141. The summed E-state index contributed by atoms with van der Waals surface area (Å²) >= 11 is 0. The van der Waals surface area contributed by atoms with E-state index in [1.165, 1.54) is 0 Å². The fourth-order valence-corrected chi connectivity index (χ4v) is 3.85. The molecule has 1 heterocycles. The number of carbonyl (C=O) groups is 2. The molecule has 0 radical (unpaired) electrons. The van der Waals surface area contributed by atoms with Gasteiger partial charge in [-0.1, -0.05) is 32.0 Å². The van der Waals surface area contributed by atoms with E-state index in [1.807, 2.05) is 56.3 Å². The Kier molecular flexibility index (Phi) is 8.98. The third-order valence-electron chi connectivity index (χ3n) is 5.68. The van der Waals surface area contributed by atoms with Crippen molar-refractivity contribution in [2.45, 2.75) is 52.1 Å². The quantitative estimate of drug-likeness (QED) is 0.560. The van der Waals surface area contributed by atoms with Crippen molar-refractivity contribution in [1.29, 1.82) is 0 Å².